The van der Waals surface area contributed by atoms with Crippen LogP contribution in [0.5, 0.6) is 0 Å². The van der Waals surface area contributed by atoms with Gasteiger partial charge in [0.05, 0.1) is 11.9 Å². The van der Waals surface area contributed by atoms with Crippen LogP contribution in [-0.4, -0.2) is 21.9 Å². The van der Waals surface area contributed by atoms with Crippen molar-refractivity contribution >= 4 is 24.0 Å². The number of aryl methyl sites for hydroxylation is 1. The minimum absolute atomic E-state index is 0. The van der Waals surface area contributed by atoms with E-state index in [4.69, 9.17) is 5.73 Å². The average molecular weight is 349 g/mol. The van der Waals surface area contributed by atoms with Crippen LogP contribution in [-0.2, 0) is 11.3 Å². The Hall–Kier alpha value is -2.06. The van der Waals surface area contributed by atoms with Gasteiger partial charge in [-0.25, -0.2) is 0 Å². The largest absolute Gasteiger partial charge is 0.408 e. The van der Waals surface area contributed by atoms with Gasteiger partial charge in [0.1, 0.15) is 12.6 Å². The third kappa shape index (κ3) is 5.57. The molecule has 1 aromatic heterocycles. The number of alkyl halides is 3. The van der Waals surface area contributed by atoms with Crippen LogP contribution in [0.1, 0.15) is 17.2 Å². The van der Waals surface area contributed by atoms with Crippen molar-refractivity contribution in [2.75, 3.05) is 5.32 Å². The highest BCUT2D eigenvalue weighted by molar-refractivity contribution is 5.95. The van der Waals surface area contributed by atoms with Crippen molar-refractivity contribution in [1.82, 2.24) is 9.78 Å². The molecule has 1 aromatic carbocycles. The molecule has 1 atom stereocenters. The van der Waals surface area contributed by atoms with Crippen LogP contribution < -0.4 is 11.1 Å². The first-order valence-corrected chi connectivity index (χ1v) is 6.47. The quantitative estimate of drug-likeness (QED) is 0.892. The highest BCUT2D eigenvalue weighted by atomic mass is 35.5. The number of aromatic nitrogens is 2. The molecule has 5 nitrogen and oxygen atoms in total. The van der Waals surface area contributed by atoms with Gasteiger partial charge in [0.15, 0.2) is 0 Å². The number of amides is 1. The van der Waals surface area contributed by atoms with Gasteiger partial charge in [-0.15, -0.1) is 12.4 Å². The summed E-state index contributed by atoms with van der Waals surface area (Å²) >= 11 is 0. The molecule has 0 fully saturated rings. The number of carbonyl (C=O) groups is 1. The van der Waals surface area contributed by atoms with E-state index < -0.39 is 24.7 Å². The van der Waals surface area contributed by atoms with Gasteiger partial charge >= 0.3 is 6.18 Å². The molecule has 126 valence electrons. The van der Waals surface area contributed by atoms with E-state index in [-0.39, 0.29) is 18.1 Å². The third-order valence-electron chi connectivity index (χ3n) is 2.96. The van der Waals surface area contributed by atoms with Crippen molar-refractivity contribution in [3.8, 4) is 0 Å². The third-order valence-corrected chi connectivity index (χ3v) is 2.96. The second-order valence-corrected chi connectivity index (χ2v) is 4.92. The lowest BCUT2D eigenvalue weighted by Crippen LogP contribution is -2.27. The van der Waals surface area contributed by atoms with Crippen LogP contribution >= 0.6 is 12.4 Å². The number of nitrogens with one attached hydrogen (secondary N) is 1. The summed E-state index contributed by atoms with van der Waals surface area (Å²) in [6.07, 6.45) is -2.12. The minimum Gasteiger partial charge on any atom is -0.322 e. The predicted molar refractivity (Wildman–Crippen MR) is 82.3 cm³/mol. The zero-order chi connectivity index (χ0) is 16.3. The van der Waals surface area contributed by atoms with E-state index in [1.54, 1.807) is 12.1 Å². The number of benzene rings is 1. The van der Waals surface area contributed by atoms with E-state index >= 15 is 0 Å². The van der Waals surface area contributed by atoms with E-state index in [0.29, 0.717) is 10.2 Å². The first kappa shape index (κ1) is 19.0. The maximum absolute atomic E-state index is 12.2. The summed E-state index contributed by atoms with van der Waals surface area (Å²) in [6.45, 7) is 0.692. The van der Waals surface area contributed by atoms with Gasteiger partial charge in [0.25, 0.3) is 0 Å². The predicted octanol–water partition coefficient (Wildman–Crippen LogP) is 2.81. The summed E-state index contributed by atoms with van der Waals surface area (Å²) in [7, 11) is 0. The lowest BCUT2D eigenvalue weighted by Gasteiger charge is -2.11. The monoisotopic (exact) mass is 348 g/mol. The fraction of sp³-hybridized carbons (Fsp3) is 0.286. The first-order valence-electron chi connectivity index (χ1n) is 6.47. The molecule has 0 radical (unpaired) electrons. The fourth-order valence-corrected chi connectivity index (χ4v) is 1.84. The van der Waals surface area contributed by atoms with Crippen molar-refractivity contribution in [2.24, 2.45) is 5.73 Å². The van der Waals surface area contributed by atoms with Crippen LogP contribution in [0.3, 0.4) is 0 Å². The Labute approximate surface area is 137 Å². The molecular weight excluding hydrogens is 333 g/mol. The second-order valence-electron chi connectivity index (χ2n) is 4.92. The summed E-state index contributed by atoms with van der Waals surface area (Å²) in [5, 5.41) is 5.99. The molecule has 3 N–H and O–H groups in total. The Morgan fingerprint density at radius 2 is 1.96 bits per heavy atom. The van der Waals surface area contributed by atoms with Crippen molar-refractivity contribution in [3.63, 3.8) is 0 Å². The topological polar surface area (TPSA) is 72.9 Å². The van der Waals surface area contributed by atoms with Gasteiger partial charge in [-0.2, -0.15) is 18.3 Å². The number of nitrogens with two attached hydrogens (primary N) is 1. The number of rotatable bonds is 4. The zero-order valence-corrected chi connectivity index (χ0v) is 13.0. The summed E-state index contributed by atoms with van der Waals surface area (Å²) in [6, 6.07) is 6.19. The number of hydrogen-bond acceptors (Lipinski definition) is 3. The van der Waals surface area contributed by atoms with Gasteiger partial charge in [-0.1, -0.05) is 29.8 Å². The lowest BCUT2D eigenvalue weighted by molar-refractivity contribution is -0.142. The molecule has 0 bridgehead atoms. The molecule has 0 aliphatic heterocycles. The maximum atomic E-state index is 12.2. The Morgan fingerprint density at radius 3 is 2.52 bits per heavy atom. The maximum Gasteiger partial charge on any atom is 0.408 e. The standard InChI is InChI=1S/C14H15F3N4O.ClH/c1-9-2-4-10(5-3-9)12(18)13(22)20-11-6-19-21(7-11)8-14(15,16)17;/h2-7,12H,8,18H2,1H3,(H,20,22);1H. The Kier molecular flexibility index (Phi) is 6.17. The molecule has 0 aliphatic rings. The van der Waals surface area contributed by atoms with E-state index in [1.165, 1.54) is 0 Å². The highest BCUT2D eigenvalue weighted by Gasteiger charge is 2.28. The lowest BCUT2D eigenvalue weighted by atomic mass is 10.1. The summed E-state index contributed by atoms with van der Waals surface area (Å²) in [5.41, 5.74) is 7.64. The molecule has 2 rings (SSSR count). The molecule has 1 unspecified atom stereocenters. The van der Waals surface area contributed by atoms with Crippen molar-refractivity contribution < 1.29 is 18.0 Å². The van der Waals surface area contributed by atoms with Gasteiger partial charge < -0.3 is 11.1 Å². The molecular formula is C14H16ClF3N4O. The number of carbonyl (C=O) groups excluding carboxylic acids is 1. The number of nitrogens with zero attached hydrogens (tertiary/aromatic N) is 2. The fourth-order valence-electron chi connectivity index (χ4n) is 1.84. The Bertz CT molecular complexity index is 655. The molecule has 0 aliphatic carbocycles. The molecule has 0 saturated carbocycles. The van der Waals surface area contributed by atoms with Crippen LogP contribution in [0, 0.1) is 6.92 Å². The molecule has 9 heteroatoms. The molecule has 0 saturated heterocycles. The number of anilines is 1. The molecule has 23 heavy (non-hydrogen) atoms. The van der Waals surface area contributed by atoms with E-state index in [9.17, 15) is 18.0 Å². The normalized spacial score (nSPS) is 12.4. The van der Waals surface area contributed by atoms with Gasteiger partial charge in [0, 0.05) is 6.20 Å². The van der Waals surface area contributed by atoms with Gasteiger partial charge in [-0.05, 0) is 12.5 Å². The molecule has 1 heterocycles. The number of halogens is 4. The van der Waals surface area contributed by atoms with Crippen LogP contribution in [0.15, 0.2) is 36.7 Å². The first-order chi connectivity index (χ1) is 10.2. The molecule has 0 spiro atoms. The van der Waals surface area contributed by atoms with Gasteiger partial charge in [-0.3, -0.25) is 9.48 Å². The summed E-state index contributed by atoms with van der Waals surface area (Å²) in [5.74, 6) is -0.518. The van der Waals surface area contributed by atoms with Crippen molar-refractivity contribution in [1.29, 1.82) is 0 Å². The van der Waals surface area contributed by atoms with E-state index in [0.717, 1.165) is 18.0 Å². The Morgan fingerprint density at radius 1 is 1.35 bits per heavy atom. The second kappa shape index (κ2) is 7.47. The summed E-state index contributed by atoms with van der Waals surface area (Å²) < 4.78 is 37.4. The highest BCUT2D eigenvalue weighted by Crippen LogP contribution is 2.19. The SMILES string of the molecule is Cc1ccc(C(N)C(=O)Nc2cnn(CC(F)(F)F)c2)cc1.Cl. The van der Waals surface area contributed by atoms with Crippen LogP contribution in [0.4, 0.5) is 18.9 Å². The van der Waals surface area contributed by atoms with Crippen molar-refractivity contribution in [2.45, 2.75) is 25.7 Å². The van der Waals surface area contributed by atoms with Crippen LogP contribution in [0.2, 0.25) is 0 Å². The van der Waals surface area contributed by atoms with E-state index in [2.05, 4.69) is 10.4 Å². The van der Waals surface area contributed by atoms with Gasteiger partial charge in [0.2, 0.25) is 5.91 Å². The molecule has 2 aromatic rings. The molecule has 1 amide bonds. The van der Waals surface area contributed by atoms with E-state index in [1.807, 2.05) is 19.1 Å². The number of hydrogen-bond donors (Lipinski definition) is 2. The summed E-state index contributed by atoms with van der Waals surface area (Å²) in [4.78, 5) is 12.0. The smallest absolute Gasteiger partial charge is 0.322 e. The van der Waals surface area contributed by atoms with Crippen molar-refractivity contribution in [3.05, 3.63) is 47.8 Å². The zero-order valence-electron chi connectivity index (χ0n) is 12.2. The average Bonchev–Trinajstić information content (AvgIpc) is 2.83. The van der Waals surface area contributed by atoms with Crippen LogP contribution in [0.25, 0.3) is 0 Å². The minimum atomic E-state index is -4.37. The Balaban J connectivity index is 0.00000264.